The fourth-order valence-corrected chi connectivity index (χ4v) is 3.26. The number of carbonyl (C=O) groups is 1. The summed E-state index contributed by atoms with van der Waals surface area (Å²) in [5.41, 5.74) is 4.69. The van der Waals surface area contributed by atoms with Crippen molar-refractivity contribution in [3.63, 3.8) is 0 Å². The molecular weight excluding hydrogens is 318 g/mol. The number of para-hydroxylation sites is 1. The van der Waals surface area contributed by atoms with Crippen LogP contribution in [0.25, 0.3) is 22.4 Å². The van der Waals surface area contributed by atoms with Crippen molar-refractivity contribution >= 4 is 34.0 Å². The molecule has 0 aliphatic carbocycles. The van der Waals surface area contributed by atoms with Crippen molar-refractivity contribution in [3.05, 3.63) is 70.4 Å². The van der Waals surface area contributed by atoms with Crippen LogP contribution in [0.3, 0.4) is 0 Å². The first kappa shape index (κ1) is 14.7. The molecule has 2 aromatic heterocycles. The Morgan fingerprint density at radius 1 is 1.12 bits per heavy atom. The number of benzene rings is 2. The van der Waals surface area contributed by atoms with Crippen molar-refractivity contribution < 1.29 is 4.79 Å². The van der Waals surface area contributed by atoms with Gasteiger partial charge in [0.05, 0.1) is 21.6 Å². The SMILES string of the molecule is Cc1ccc2nc(-c3ccccc3NC(=O)c3cccs3)[nH]c2c1. The molecule has 0 bridgehead atoms. The number of hydrogen-bond donors (Lipinski definition) is 2. The maximum Gasteiger partial charge on any atom is 0.265 e. The molecule has 0 radical (unpaired) electrons. The molecule has 4 rings (SSSR count). The van der Waals surface area contributed by atoms with E-state index < -0.39 is 0 Å². The summed E-state index contributed by atoms with van der Waals surface area (Å²) >= 11 is 1.42. The molecule has 0 saturated heterocycles. The van der Waals surface area contributed by atoms with Crippen LogP contribution in [0.15, 0.2) is 60.0 Å². The zero-order valence-electron chi connectivity index (χ0n) is 13.0. The van der Waals surface area contributed by atoms with Gasteiger partial charge in [0.25, 0.3) is 5.91 Å². The average Bonchev–Trinajstić information content (AvgIpc) is 3.24. The first-order valence-electron chi connectivity index (χ1n) is 7.61. The minimum absolute atomic E-state index is 0.107. The van der Waals surface area contributed by atoms with Crippen molar-refractivity contribution in [3.8, 4) is 11.4 Å². The summed E-state index contributed by atoms with van der Waals surface area (Å²) in [6, 6.07) is 17.5. The smallest absolute Gasteiger partial charge is 0.265 e. The normalized spacial score (nSPS) is 10.9. The number of H-pyrrole nitrogens is 1. The van der Waals surface area contributed by atoms with Crippen LogP contribution in [0.2, 0.25) is 0 Å². The van der Waals surface area contributed by atoms with Crippen LogP contribution < -0.4 is 5.32 Å². The zero-order chi connectivity index (χ0) is 16.5. The zero-order valence-corrected chi connectivity index (χ0v) is 13.9. The molecular formula is C19H15N3OS. The molecule has 118 valence electrons. The van der Waals surface area contributed by atoms with Gasteiger partial charge < -0.3 is 10.3 Å². The number of aromatic nitrogens is 2. The van der Waals surface area contributed by atoms with Crippen molar-refractivity contribution in [2.75, 3.05) is 5.32 Å². The number of rotatable bonds is 3. The van der Waals surface area contributed by atoms with E-state index in [9.17, 15) is 4.79 Å². The van der Waals surface area contributed by atoms with Gasteiger partial charge in [0.2, 0.25) is 0 Å². The summed E-state index contributed by atoms with van der Waals surface area (Å²) in [6.45, 7) is 2.05. The fraction of sp³-hybridized carbons (Fsp3) is 0.0526. The number of nitrogens with one attached hydrogen (secondary N) is 2. The van der Waals surface area contributed by atoms with Crippen molar-refractivity contribution in [2.45, 2.75) is 6.92 Å². The molecule has 0 fully saturated rings. The molecule has 0 aliphatic heterocycles. The third-order valence-electron chi connectivity index (χ3n) is 3.81. The Kier molecular flexibility index (Phi) is 3.63. The van der Waals surface area contributed by atoms with Gasteiger partial charge in [0.1, 0.15) is 5.82 Å². The lowest BCUT2D eigenvalue weighted by molar-refractivity contribution is 0.103. The molecule has 2 aromatic carbocycles. The Bertz CT molecular complexity index is 1020. The van der Waals surface area contributed by atoms with Gasteiger partial charge in [-0.05, 0) is 48.2 Å². The van der Waals surface area contributed by atoms with E-state index in [1.165, 1.54) is 16.9 Å². The first-order chi connectivity index (χ1) is 11.7. The largest absolute Gasteiger partial charge is 0.338 e. The molecule has 0 saturated carbocycles. The highest BCUT2D eigenvalue weighted by molar-refractivity contribution is 7.12. The third kappa shape index (κ3) is 2.70. The van der Waals surface area contributed by atoms with Gasteiger partial charge in [-0.1, -0.05) is 24.3 Å². The predicted octanol–water partition coefficient (Wildman–Crippen LogP) is 4.85. The van der Waals surface area contributed by atoms with E-state index in [1.54, 1.807) is 0 Å². The minimum Gasteiger partial charge on any atom is -0.338 e. The molecule has 2 heterocycles. The quantitative estimate of drug-likeness (QED) is 0.563. The number of imidazole rings is 1. The molecule has 24 heavy (non-hydrogen) atoms. The van der Waals surface area contributed by atoms with Crippen LogP contribution in [0.1, 0.15) is 15.2 Å². The van der Waals surface area contributed by atoms with Gasteiger partial charge in [-0.3, -0.25) is 4.79 Å². The summed E-state index contributed by atoms with van der Waals surface area (Å²) < 4.78 is 0. The monoisotopic (exact) mass is 333 g/mol. The van der Waals surface area contributed by atoms with Crippen LogP contribution in [-0.4, -0.2) is 15.9 Å². The van der Waals surface area contributed by atoms with E-state index in [-0.39, 0.29) is 5.91 Å². The molecule has 4 nitrogen and oxygen atoms in total. The van der Waals surface area contributed by atoms with E-state index in [0.29, 0.717) is 4.88 Å². The van der Waals surface area contributed by atoms with Crippen LogP contribution in [-0.2, 0) is 0 Å². The van der Waals surface area contributed by atoms with Gasteiger partial charge in [-0.2, -0.15) is 0 Å². The number of amides is 1. The Morgan fingerprint density at radius 2 is 2.00 bits per heavy atom. The van der Waals surface area contributed by atoms with Gasteiger partial charge in [-0.25, -0.2) is 4.98 Å². The van der Waals surface area contributed by atoms with E-state index in [0.717, 1.165) is 28.1 Å². The lowest BCUT2D eigenvalue weighted by atomic mass is 10.1. The summed E-state index contributed by atoms with van der Waals surface area (Å²) in [7, 11) is 0. The highest BCUT2D eigenvalue weighted by atomic mass is 32.1. The summed E-state index contributed by atoms with van der Waals surface area (Å²) in [5.74, 6) is 0.641. The molecule has 0 spiro atoms. The molecule has 5 heteroatoms. The maximum atomic E-state index is 12.3. The second-order valence-electron chi connectivity index (χ2n) is 5.58. The molecule has 0 atom stereocenters. The standard InChI is InChI=1S/C19H15N3OS/c1-12-8-9-15-16(11-12)21-18(20-15)13-5-2-3-6-14(13)22-19(23)17-7-4-10-24-17/h2-11H,1H3,(H,20,21)(H,22,23). The minimum atomic E-state index is -0.107. The molecule has 0 unspecified atom stereocenters. The van der Waals surface area contributed by atoms with Gasteiger partial charge in [-0.15, -0.1) is 11.3 Å². The number of carbonyl (C=O) groups excluding carboxylic acids is 1. The highest BCUT2D eigenvalue weighted by Gasteiger charge is 2.13. The number of thiophene rings is 1. The first-order valence-corrected chi connectivity index (χ1v) is 8.49. The average molecular weight is 333 g/mol. The molecule has 1 amide bonds. The number of aryl methyl sites for hydroxylation is 1. The maximum absolute atomic E-state index is 12.3. The predicted molar refractivity (Wildman–Crippen MR) is 98.5 cm³/mol. The highest BCUT2D eigenvalue weighted by Crippen LogP contribution is 2.28. The summed E-state index contributed by atoms with van der Waals surface area (Å²) in [6.07, 6.45) is 0. The van der Waals surface area contributed by atoms with Crippen LogP contribution in [0.4, 0.5) is 5.69 Å². The Hall–Kier alpha value is -2.92. The Morgan fingerprint density at radius 3 is 2.83 bits per heavy atom. The topological polar surface area (TPSA) is 57.8 Å². The summed E-state index contributed by atoms with van der Waals surface area (Å²) in [4.78, 5) is 21.0. The van der Waals surface area contributed by atoms with E-state index in [2.05, 4.69) is 28.3 Å². The van der Waals surface area contributed by atoms with E-state index >= 15 is 0 Å². The second kappa shape index (κ2) is 5.94. The van der Waals surface area contributed by atoms with E-state index in [4.69, 9.17) is 0 Å². The number of hydrogen-bond acceptors (Lipinski definition) is 3. The van der Waals surface area contributed by atoms with Crippen LogP contribution in [0.5, 0.6) is 0 Å². The van der Waals surface area contributed by atoms with Crippen molar-refractivity contribution in [1.29, 1.82) is 0 Å². The molecule has 4 aromatic rings. The van der Waals surface area contributed by atoms with Gasteiger partial charge in [0, 0.05) is 5.56 Å². The second-order valence-corrected chi connectivity index (χ2v) is 6.53. The summed E-state index contributed by atoms with van der Waals surface area (Å²) in [5, 5.41) is 4.87. The Balaban J connectivity index is 1.73. The number of fused-ring (bicyclic) bond motifs is 1. The number of aromatic amines is 1. The van der Waals surface area contributed by atoms with Crippen molar-refractivity contribution in [1.82, 2.24) is 9.97 Å². The fourth-order valence-electron chi connectivity index (χ4n) is 2.64. The lowest BCUT2D eigenvalue weighted by Crippen LogP contribution is -2.11. The number of anilines is 1. The molecule has 2 N–H and O–H groups in total. The van der Waals surface area contributed by atoms with E-state index in [1.807, 2.05) is 53.9 Å². The van der Waals surface area contributed by atoms with Gasteiger partial charge >= 0.3 is 0 Å². The van der Waals surface area contributed by atoms with Gasteiger partial charge in [0.15, 0.2) is 0 Å². The Labute approximate surface area is 143 Å². The van der Waals surface area contributed by atoms with Crippen molar-refractivity contribution in [2.24, 2.45) is 0 Å². The lowest BCUT2D eigenvalue weighted by Gasteiger charge is -2.08. The molecule has 0 aliphatic rings. The third-order valence-corrected chi connectivity index (χ3v) is 4.68. The number of nitrogens with zero attached hydrogens (tertiary/aromatic N) is 1. The van der Waals surface area contributed by atoms with Crippen LogP contribution >= 0.6 is 11.3 Å². The van der Waals surface area contributed by atoms with Crippen LogP contribution in [0, 0.1) is 6.92 Å².